The van der Waals surface area contributed by atoms with Crippen molar-refractivity contribution in [2.75, 3.05) is 0 Å². The highest BCUT2D eigenvalue weighted by Crippen LogP contribution is 2.19. The van der Waals surface area contributed by atoms with Gasteiger partial charge in [-0.3, -0.25) is 0 Å². The molecule has 0 fully saturated rings. The predicted octanol–water partition coefficient (Wildman–Crippen LogP) is 3.21. The van der Waals surface area contributed by atoms with Gasteiger partial charge in [0.25, 0.3) is 0 Å². The summed E-state index contributed by atoms with van der Waals surface area (Å²) in [7, 11) is 0. The van der Waals surface area contributed by atoms with E-state index in [0.717, 1.165) is 10.8 Å². The van der Waals surface area contributed by atoms with Crippen LogP contribution in [-0.4, -0.2) is 12.1 Å². The molecule has 0 N–H and O–H groups in total. The van der Waals surface area contributed by atoms with Crippen molar-refractivity contribution in [3.05, 3.63) is 48.0 Å². The number of hydrogen-bond acceptors (Lipinski definition) is 2. The van der Waals surface area contributed by atoms with Gasteiger partial charge in [-0.25, -0.2) is 4.79 Å². The molecule has 0 spiro atoms. The summed E-state index contributed by atoms with van der Waals surface area (Å²) in [6.45, 7) is 3.68. The van der Waals surface area contributed by atoms with Gasteiger partial charge in [0.1, 0.15) is 0 Å². The third kappa shape index (κ3) is 2.06. The Bertz CT molecular complexity index is 510. The first-order valence-electron chi connectivity index (χ1n) is 5.28. The van der Waals surface area contributed by atoms with Crippen LogP contribution in [0.2, 0.25) is 0 Å². The van der Waals surface area contributed by atoms with Gasteiger partial charge < -0.3 is 4.74 Å². The maximum atomic E-state index is 11.8. The van der Waals surface area contributed by atoms with Gasteiger partial charge in [-0.05, 0) is 42.8 Å². The van der Waals surface area contributed by atoms with Crippen LogP contribution in [0, 0.1) is 6.07 Å². The van der Waals surface area contributed by atoms with Crippen LogP contribution in [0.1, 0.15) is 24.2 Å². The average Bonchev–Trinajstić information content (AvgIpc) is 2.27. The number of carbonyl (C=O) groups excluding carboxylic acids is 1. The van der Waals surface area contributed by atoms with Crippen molar-refractivity contribution in [1.82, 2.24) is 0 Å². The Kier molecular flexibility index (Phi) is 2.91. The van der Waals surface area contributed by atoms with Crippen LogP contribution in [0.5, 0.6) is 0 Å². The minimum absolute atomic E-state index is 0.101. The fourth-order valence-electron chi connectivity index (χ4n) is 1.61. The van der Waals surface area contributed by atoms with E-state index >= 15 is 0 Å². The highest BCUT2D eigenvalue weighted by molar-refractivity contribution is 6.04. The van der Waals surface area contributed by atoms with E-state index in [1.165, 1.54) is 0 Å². The van der Waals surface area contributed by atoms with E-state index in [-0.39, 0.29) is 12.1 Å². The zero-order valence-electron chi connectivity index (χ0n) is 9.36. The molecule has 2 aromatic carbocycles. The van der Waals surface area contributed by atoms with Gasteiger partial charge >= 0.3 is 5.97 Å². The van der Waals surface area contributed by atoms with E-state index in [2.05, 4.69) is 6.07 Å². The van der Waals surface area contributed by atoms with E-state index in [1.54, 1.807) is 6.07 Å². The van der Waals surface area contributed by atoms with Crippen LogP contribution in [-0.2, 0) is 4.74 Å². The lowest BCUT2D eigenvalue weighted by Gasteiger charge is -2.09. The van der Waals surface area contributed by atoms with Crippen LogP contribution in [0.25, 0.3) is 10.8 Å². The molecule has 2 nitrogen and oxygen atoms in total. The normalized spacial score (nSPS) is 10.7. The Morgan fingerprint density at radius 3 is 2.88 bits per heavy atom. The minimum atomic E-state index is -0.278. The summed E-state index contributed by atoms with van der Waals surface area (Å²) in [6, 6.07) is 14.2. The second-order valence-electron chi connectivity index (χ2n) is 3.91. The SMILES string of the molecule is CC(C)OC(=O)c1cccc2cc[c]cc12. The molecule has 2 rings (SSSR count). The van der Waals surface area contributed by atoms with Gasteiger partial charge in [0.05, 0.1) is 11.7 Å². The summed E-state index contributed by atoms with van der Waals surface area (Å²) in [5.74, 6) is -0.278. The quantitative estimate of drug-likeness (QED) is 0.716. The smallest absolute Gasteiger partial charge is 0.339 e. The van der Waals surface area contributed by atoms with Crippen molar-refractivity contribution < 1.29 is 9.53 Å². The van der Waals surface area contributed by atoms with E-state index in [0.29, 0.717) is 5.56 Å². The standard InChI is InChI=1S/C14H13O2/c1-10(2)16-14(15)13-9-5-7-11-6-3-4-8-12(11)13/h3,5-10H,1-2H3. The Hall–Kier alpha value is -1.83. The molecule has 2 heteroatoms. The summed E-state index contributed by atoms with van der Waals surface area (Å²) >= 11 is 0. The van der Waals surface area contributed by atoms with Crippen molar-refractivity contribution in [2.45, 2.75) is 20.0 Å². The summed E-state index contributed by atoms with van der Waals surface area (Å²) in [6.07, 6.45) is -0.101. The zero-order chi connectivity index (χ0) is 11.5. The molecule has 0 heterocycles. The predicted molar refractivity (Wildman–Crippen MR) is 63.3 cm³/mol. The molecular weight excluding hydrogens is 200 g/mol. The molecule has 0 aliphatic carbocycles. The van der Waals surface area contributed by atoms with Gasteiger partial charge in [0, 0.05) is 0 Å². The summed E-state index contributed by atoms with van der Waals surface area (Å²) < 4.78 is 5.19. The second-order valence-corrected chi connectivity index (χ2v) is 3.91. The van der Waals surface area contributed by atoms with Gasteiger partial charge in [-0.2, -0.15) is 0 Å². The largest absolute Gasteiger partial charge is 0.459 e. The summed E-state index contributed by atoms with van der Waals surface area (Å²) in [5.41, 5.74) is 0.600. The molecule has 0 aliphatic rings. The lowest BCUT2D eigenvalue weighted by molar-refractivity contribution is 0.0380. The Morgan fingerprint density at radius 1 is 1.31 bits per heavy atom. The summed E-state index contributed by atoms with van der Waals surface area (Å²) in [5, 5.41) is 1.91. The van der Waals surface area contributed by atoms with E-state index in [1.807, 2.05) is 44.2 Å². The van der Waals surface area contributed by atoms with Crippen LogP contribution in [0.15, 0.2) is 36.4 Å². The first kappa shape index (κ1) is 10.7. The number of fused-ring (bicyclic) bond motifs is 1. The average molecular weight is 213 g/mol. The number of hydrogen-bond donors (Lipinski definition) is 0. The van der Waals surface area contributed by atoms with E-state index < -0.39 is 0 Å². The van der Waals surface area contributed by atoms with Gasteiger partial charge in [-0.1, -0.05) is 24.3 Å². The van der Waals surface area contributed by atoms with Crippen LogP contribution in [0.4, 0.5) is 0 Å². The fourth-order valence-corrected chi connectivity index (χ4v) is 1.61. The first-order valence-corrected chi connectivity index (χ1v) is 5.28. The topological polar surface area (TPSA) is 26.3 Å². The summed E-state index contributed by atoms with van der Waals surface area (Å²) in [4.78, 5) is 11.8. The Morgan fingerprint density at radius 2 is 2.12 bits per heavy atom. The maximum absolute atomic E-state index is 11.8. The van der Waals surface area contributed by atoms with E-state index in [9.17, 15) is 4.79 Å². The lowest BCUT2D eigenvalue weighted by Crippen LogP contribution is -2.11. The molecule has 0 atom stereocenters. The molecule has 0 aromatic heterocycles. The molecule has 0 aliphatic heterocycles. The molecule has 0 bridgehead atoms. The van der Waals surface area contributed by atoms with Crippen molar-refractivity contribution in [1.29, 1.82) is 0 Å². The molecule has 2 aromatic rings. The Labute approximate surface area is 94.8 Å². The molecule has 0 saturated carbocycles. The number of rotatable bonds is 2. The van der Waals surface area contributed by atoms with Gasteiger partial charge in [0.2, 0.25) is 0 Å². The van der Waals surface area contributed by atoms with Crippen molar-refractivity contribution >= 4 is 16.7 Å². The van der Waals surface area contributed by atoms with Gasteiger partial charge in [-0.15, -0.1) is 0 Å². The number of benzene rings is 2. The van der Waals surface area contributed by atoms with Gasteiger partial charge in [0.15, 0.2) is 0 Å². The monoisotopic (exact) mass is 213 g/mol. The molecule has 16 heavy (non-hydrogen) atoms. The third-order valence-corrected chi connectivity index (χ3v) is 2.29. The van der Waals surface area contributed by atoms with Crippen LogP contribution < -0.4 is 0 Å². The Balaban J connectivity index is 2.48. The van der Waals surface area contributed by atoms with Crippen molar-refractivity contribution in [2.24, 2.45) is 0 Å². The molecule has 81 valence electrons. The first-order chi connectivity index (χ1) is 7.68. The van der Waals surface area contributed by atoms with Crippen LogP contribution in [0.3, 0.4) is 0 Å². The number of carbonyl (C=O) groups is 1. The number of ether oxygens (including phenoxy) is 1. The van der Waals surface area contributed by atoms with E-state index in [4.69, 9.17) is 4.74 Å². The molecule has 0 amide bonds. The molecule has 1 radical (unpaired) electrons. The molecule has 0 unspecified atom stereocenters. The third-order valence-electron chi connectivity index (χ3n) is 2.29. The van der Waals surface area contributed by atoms with Crippen molar-refractivity contribution in [3.63, 3.8) is 0 Å². The van der Waals surface area contributed by atoms with Crippen LogP contribution >= 0.6 is 0 Å². The maximum Gasteiger partial charge on any atom is 0.339 e. The minimum Gasteiger partial charge on any atom is -0.459 e. The number of esters is 1. The molecular formula is C14H13O2. The fraction of sp³-hybridized carbons (Fsp3) is 0.214. The van der Waals surface area contributed by atoms with Crippen molar-refractivity contribution in [3.8, 4) is 0 Å². The molecule has 0 saturated heterocycles. The lowest BCUT2D eigenvalue weighted by atomic mass is 10.0. The highest BCUT2D eigenvalue weighted by Gasteiger charge is 2.11. The highest BCUT2D eigenvalue weighted by atomic mass is 16.5. The zero-order valence-corrected chi connectivity index (χ0v) is 9.36. The second kappa shape index (κ2) is 4.35.